The Morgan fingerprint density at radius 3 is 2.26 bits per heavy atom. The van der Waals surface area contributed by atoms with Crippen LogP contribution in [0.2, 0.25) is 0 Å². The maximum atomic E-state index is 13.7. The van der Waals surface area contributed by atoms with Gasteiger partial charge in [-0.3, -0.25) is 4.79 Å². The van der Waals surface area contributed by atoms with E-state index in [1.54, 1.807) is 4.90 Å². The smallest absolute Gasteiger partial charge is 0.317 e. The second-order valence-electron chi connectivity index (χ2n) is 11.4. The molecular weight excluding hydrogens is 462 g/mol. The third-order valence-corrected chi connectivity index (χ3v) is 11.1. The number of hydrogen-bond donors (Lipinski definition) is 1. The second-order valence-corrected chi connectivity index (χ2v) is 13.7. The molecule has 4 fully saturated rings. The SMILES string of the molecule is CNC1(c2ccccc2)CCC2(CC1)CN(CC(=O)C1CCS(=O)(=O)CC1)C(=O)N2CC1CCC1. The van der Waals surface area contributed by atoms with E-state index in [0.717, 1.165) is 32.2 Å². The van der Waals surface area contributed by atoms with Crippen LogP contribution in [0.25, 0.3) is 0 Å². The first-order chi connectivity index (χ1) is 16.8. The molecule has 5 rings (SSSR count). The van der Waals surface area contributed by atoms with Gasteiger partial charge in [0.15, 0.2) is 5.78 Å². The van der Waals surface area contributed by atoms with Gasteiger partial charge in [0.2, 0.25) is 0 Å². The summed E-state index contributed by atoms with van der Waals surface area (Å²) in [6.45, 7) is 1.51. The van der Waals surface area contributed by atoms with Crippen molar-refractivity contribution in [3.63, 3.8) is 0 Å². The van der Waals surface area contributed by atoms with Crippen molar-refractivity contribution in [1.82, 2.24) is 15.1 Å². The molecule has 0 bridgehead atoms. The van der Waals surface area contributed by atoms with Gasteiger partial charge in [-0.2, -0.15) is 0 Å². The van der Waals surface area contributed by atoms with Crippen molar-refractivity contribution in [1.29, 1.82) is 0 Å². The van der Waals surface area contributed by atoms with Gasteiger partial charge in [-0.1, -0.05) is 36.8 Å². The first-order valence-corrected chi connectivity index (χ1v) is 15.1. The average molecular weight is 502 g/mol. The number of nitrogens with one attached hydrogen (secondary N) is 1. The van der Waals surface area contributed by atoms with E-state index in [1.807, 2.05) is 13.1 Å². The highest BCUT2D eigenvalue weighted by Gasteiger charge is 2.54. The van der Waals surface area contributed by atoms with Crippen LogP contribution in [0.4, 0.5) is 4.79 Å². The molecule has 2 aliphatic heterocycles. The normalized spacial score (nSPS) is 28.9. The van der Waals surface area contributed by atoms with Crippen LogP contribution in [0.15, 0.2) is 30.3 Å². The predicted octanol–water partition coefficient (Wildman–Crippen LogP) is 3.35. The molecular formula is C27H39N3O4S. The van der Waals surface area contributed by atoms with Gasteiger partial charge in [0.05, 0.1) is 23.6 Å². The largest absolute Gasteiger partial charge is 0.321 e. The number of rotatable bonds is 7. The van der Waals surface area contributed by atoms with Gasteiger partial charge in [0.1, 0.15) is 9.84 Å². The Labute approximate surface area is 209 Å². The van der Waals surface area contributed by atoms with Crippen LogP contribution < -0.4 is 5.32 Å². The number of urea groups is 1. The Kier molecular flexibility index (Phi) is 6.72. The molecule has 4 aliphatic rings. The number of ketones is 1. The fourth-order valence-electron chi connectivity index (χ4n) is 6.75. The van der Waals surface area contributed by atoms with E-state index in [-0.39, 0.29) is 46.9 Å². The van der Waals surface area contributed by atoms with Crippen molar-refractivity contribution in [3.8, 4) is 0 Å². The molecule has 0 aromatic heterocycles. The van der Waals surface area contributed by atoms with Gasteiger partial charge in [-0.05, 0) is 69.9 Å². The molecule has 2 amide bonds. The summed E-state index contributed by atoms with van der Waals surface area (Å²) in [4.78, 5) is 30.7. The summed E-state index contributed by atoms with van der Waals surface area (Å²) >= 11 is 0. The number of sulfone groups is 1. The molecule has 7 nitrogen and oxygen atoms in total. The Morgan fingerprint density at radius 1 is 1.03 bits per heavy atom. The van der Waals surface area contributed by atoms with Crippen LogP contribution in [0, 0.1) is 11.8 Å². The van der Waals surface area contributed by atoms with Crippen molar-refractivity contribution in [2.45, 2.75) is 68.9 Å². The van der Waals surface area contributed by atoms with Crippen molar-refractivity contribution in [2.24, 2.45) is 11.8 Å². The minimum Gasteiger partial charge on any atom is -0.317 e. The molecule has 0 radical (unpaired) electrons. The average Bonchev–Trinajstić information content (AvgIpc) is 3.07. The maximum absolute atomic E-state index is 13.7. The van der Waals surface area contributed by atoms with E-state index < -0.39 is 9.84 Å². The first-order valence-electron chi connectivity index (χ1n) is 13.3. The number of carbonyl (C=O) groups is 2. The van der Waals surface area contributed by atoms with Gasteiger partial charge in [0.25, 0.3) is 0 Å². The van der Waals surface area contributed by atoms with Crippen molar-refractivity contribution in [2.75, 3.05) is 38.2 Å². The summed E-state index contributed by atoms with van der Waals surface area (Å²) < 4.78 is 23.6. The Morgan fingerprint density at radius 2 is 1.69 bits per heavy atom. The van der Waals surface area contributed by atoms with Gasteiger partial charge < -0.3 is 15.1 Å². The molecule has 2 aliphatic carbocycles. The number of hydrogen-bond acceptors (Lipinski definition) is 5. The van der Waals surface area contributed by atoms with E-state index >= 15 is 0 Å². The van der Waals surface area contributed by atoms with Crippen LogP contribution in [0.3, 0.4) is 0 Å². The summed E-state index contributed by atoms with van der Waals surface area (Å²) in [5, 5.41) is 3.60. The quantitative estimate of drug-likeness (QED) is 0.619. The van der Waals surface area contributed by atoms with Crippen LogP contribution in [0.1, 0.15) is 63.4 Å². The molecule has 0 unspecified atom stereocenters. The third kappa shape index (κ3) is 4.76. The first kappa shape index (κ1) is 24.8. The zero-order valence-corrected chi connectivity index (χ0v) is 21.7. The van der Waals surface area contributed by atoms with Gasteiger partial charge in [0, 0.05) is 24.5 Å². The van der Waals surface area contributed by atoms with Gasteiger partial charge >= 0.3 is 6.03 Å². The van der Waals surface area contributed by atoms with Crippen LogP contribution in [0.5, 0.6) is 0 Å². The molecule has 2 saturated heterocycles. The number of amides is 2. The second kappa shape index (κ2) is 9.51. The lowest BCUT2D eigenvalue weighted by Crippen LogP contribution is -2.56. The Hall–Kier alpha value is -1.93. The Bertz CT molecular complexity index is 1030. The number of nitrogens with zero attached hydrogens (tertiary/aromatic N) is 2. The minimum atomic E-state index is -3.01. The fourth-order valence-corrected chi connectivity index (χ4v) is 8.24. The summed E-state index contributed by atoms with van der Waals surface area (Å²) in [5.41, 5.74) is 0.985. The number of Topliss-reactive ketones (excluding diaryl/α,β-unsaturated/α-hetero) is 1. The zero-order valence-electron chi connectivity index (χ0n) is 20.9. The van der Waals surface area contributed by atoms with Gasteiger partial charge in [-0.15, -0.1) is 0 Å². The summed E-state index contributed by atoms with van der Waals surface area (Å²) in [6, 6.07) is 10.6. The molecule has 2 saturated carbocycles. The molecule has 1 aromatic rings. The molecule has 1 N–H and O–H groups in total. The number of carbonyl (C=O) groups excluding carboxylic acids is 2. The third-order valence-electron chi connectivity index (χ3n) is 9.42. The maximum Gasteiger partial charge on any atom is 0.321 e. The minimum absolute atomic E-state index is 0.00495. The topological polar surface area (TPSA) is 86.8 Å². The molecule has 2 heterocycles. The predicted molar refractivity (Wildman–Crippen MR) is 136 cm³/mol. The van der Waals surface area contributed by atoms with Crippen molar-refractivity contribution in [3.05, 3.63) is 35.9 Å². The summed E-state index contributed by atoms with van der Waals surface area (Å²) in [5.74, 6) is 0.518. The van der Waals surface area contributed by atoms with Crippen LogP contribution in [-0.2, 0) is 20.2 Å². The molecule has 1 spiro atoms. The standard InChI is InChI=1S/C27H39N3O4S/c1-28-27(23-8-3-2-4-9-23)14-12-26(13-15-27)20-29(25(32)30(26)18-21-6-5-7-21)19-24(31)22-10-16-35(33,34)17-11-22/h2-4,8-9,21-22,28H,5-7,10-20H2,1H3. The van der Waals surface area contributed by atoms with E-state index in [0.29, 0.717) is 25.3 Å². The highest BCUT2D eigenvalue weighted by Crippen LogP contribution is 2.47. The lowest BCUT2D eigenvalue weighted by Gasteiger charge is -2.49. The summed E-state index contributed by atoms with van der Waals surface area (Å²) in [7, 11) is -0.978. The lowest BCUT2D eigenvalue weighted by atomic mass is 9.68. The van der Waals surface area contributed by atoms with Crippen LogP contribution >= 0.6 is 0 Å². The molecule has 8 heteroatoms. The van der Waals surface area contributed by atoms with E-state index in [2.05, 4.69) is 34.5 Å². The summed E-state index contributed by atoms with van der Waals surface area (Å²) in [6.07, 6.45) is 8.10. The lowest BCUT2D eigenvalue weighted by molar-refractivity contribution is -0.123. The highest BCUT2D eigenvalue weighted by molar-refractivity contribution is 7.91. The Balaban J connectivity index is 1.32. The van der Waals surface area contributed by atoms with E-state index in [4.69, 9.17) is 0 Å². The van der Waals surface area contributed by atoms with E-state index in [9.17, 15) is 18.0 Å². The molecule has 35 heavy (non-hydrogen) atoms. The highest BCUT2D eigenvalue weighted by atomic mass is 32.2. The molecule has 192 valence electrons. The van der Waals surface area contributed by atoms with Crippen molar-refractivity contribution >= 4 is 21.7 Å². The van der Waals surface area contributed by atoms with Crippen LogP contribution in [-0.4, -0.2) is 73.8 Å². The monoisotopic (exact) mass is 501 g/mol. The molecule has 0 atom stereocenters. The molecule has 1 aromatic carbocycles. The zero-order chi connectivity index (χ0) is 24.7. The number of benzene rings is 1. The van der Waals surface area contributed by atoms with E-state index in [1.165, 1.54) is 24.8 Å². The fraction of sp³-hybridized carbons (Fsp3) is 0.704. The van der Waals surface area contributed by atoms with Gasteiger partial charge in [-0.25, -0.2) is 13.2 Å². The van der Waals surface area contributed by atoms with Crippen molar-refractivity contribution < 1.29 is 18.0 Å².